The van der Waals surface area contributed by atoms with Gasteiger partial charge in [0.15, 0.2) is 5.43 Å². The molecule has 0 aliphatic rings. The maximum absolute atomic E-state index is 15.0. The topological polar surface area (TPSA) is 60.6 Å². The number of benzene rings is 3. The SMILES string of the molecule is COc1cc2[nH]c(C)c(-c3ccc(Oc4ccc(OC(F)(F)F)cc4)cc3F)c(=O)c2cc1C. The quantitative estimate of drug-likeness (QED) is 0.330. The van der Waals surface area contributed by atoms with Crippen molar-refractivity contribution >= 4 is 10.9 Å². The summed E-state index contributed by atoms with van der Waals surface area (Å²) in [5.74, 6) is -0.166. The molecule has 34 heavy (non-hydrogen) atoms. The van der Waals surface area contributed by atoms with Crippen molar-refractivity contribution in [1.82, 2.24) is 4.98 Å². The fraction of sp³-hybridized carbons (Fsp3) is 0.160. The zero-order valence-electron chi connectivity index (χ0n) is 18.3. The van der Waals surface area contributed by atoms with Crippen LogP contribution in [0.4, 0.5) is 17.6 Å². The van der Waals surface area contributed by atoms with Gasteiger partial charge in [-0.15, -0.1) is 13.2 Å². The van der Waals surface area contributed by atoms with E-state index in [0.717, 1.165) is 23.8 Å². The molecule has 1 N–H and O–H groups in total. The van der Waals surface area contributed by atoms with Crippen molar-refractivity contribution in [2.45, 2.75) is 20.2 Å². The van der Waals surface area contributed by atoms with Crippen LogP contribution >= 0.6 is 0 Å². The van der Waals surface area contributed by atoms with Crippen molar-refractivity contribution in [3.8, 4) is 34.1 Å². The second-order valence-corrected chi connectivity index (χ2v) is 7.58. The molecular weight excluding hydrogens is 454 g/mol. The number of ether oxygens (including phenoxy) is 3. The normalized spacial score (nSPS) is 11.5. The van der Waals surface area contributed by atoms with Gasteiger partial charge in [-0.2, -0.15) is 0 Å². The first-order chi connectivity index (χ1) is 16.1. The van der Waals surface area contributed by atoms with Crippen LogP contribution < -0.4 is 19.6 Å². The van der Waals surface area contributed by atoms with Crippen molar-refractivity contribution in [2.75, 3.05) is 7.11 Å². The molecule has 0 unspecified atom stereocenters. The molecule has 1 heterocycles. The largest absolute Gasteiger partial charge is 0.573 e. The number of H-pyrrole nitrogens is 1. The third-order valence-corrected chi connectivity index (χ3v) is 5.21. The first-order valence-corrected chi connectivity index (χ1v) is 10.1. The number of aromatic amines is 1. The lowest BCUT2D eigenvalue weighted by Crippen LogP contribution is -2.16. The lowest BCUT2D eigenvalue weighted by molar-refractivity contribution is -0.274. The van der Waals surface area contributed by atoms with Crippen LogP contribution in [-0.2, 0) is 0 Å². The summed E-state index contributed by atoms with van der Waals surface area (Å²) in [6.07, 6.45) is -4.80. The molecule has 0 spiro atoms. The Morgan fingerprint density at radius 2 is 1.53 bits per heavy atom. The van der Waals surface area contributed by atoms with Crippen LogP contribution in [0.5, 0.6) is 23.0 Å². The van der Waals surface area contributed by atoms with E-state index in [1.165, 1.54) is 31.4 Å². The minimum absolute atomic E-state index is 0.0930. The Balaban J connectivity index is 1.65. The van der Waals surface area contributed by atoms with E-state index in [1.807, 2.05) is 6.92 Å². The Labute approximate surface area is 191 Å². The van der Waals surface area contributed by atoms with E-state index in [0.29, 0.717) is 22.3 Å². The van der Waals surface area contributed by atoms with Crippen LogP contribution in [-0.4, -0.2) is 18.5 Å². The van der Waals surface area contributed by atoms with E-state index < -0.39 is 17.9 Å². The molecule has 0 amide bonds. The Hall–Kier alpha value is -4.01. The maximum atomic E-state index is 15.0. The molecule has 4 rings (SSSR count). The lowest BCUT2D eigenvalue weighted by Gasteiger charge is -2.13. The number of halogens is 4. The average molecular weight is 473 g/mol. The Kier molecular flexibility index (Phi) is 5.95. The number of fused-ring (bicyclic) bond motifs is 1. The third kappa shape index (κ3) is 4.68. The van der Waals surface area contributed by atoms with Crippen LogP contribution in [0.25, 0.3) is 22.0 Å². The Morgan fingerprint density at radius 1 is 0.882 bits per heavy atom. The monoisotopic (exact) mass is 473 g/mol. The first kappa shape index (κ1) is 23.2. The highest BCUT2D eigenvalue weighted by Gasteiger charge is 2.31. The van der Waals surface area contributed by atoms with Crippen molar-refractivity contribution < 1.29 is 31.8 Å². The van der Waals surface area contributed by atoms with Crippen LogP contribution in [0, 0.1) is 19.7 Å². The average Bonchev–Trinajstić information content (AvgIpc) is 2.76. The summed E-state index contributed by atoms with van der Waals surface area (Å²) in [4.78, 5) is 16.3. The number of alkyl halides is 3. The molecule has 3 aromatic carbocycles. The number of methoxy groups -OCH3 is 1. The summed E-state index contributed by atoms with van der Waals surface area (Å²) >= 11 is 0. The van der Waals surface area contributed by atoms with Crippen molar-refractivity contribution in [3.63, 3.8) is 0 Å². The fourth-order valence-corrected chi connectivity index (χ4v) is 3.70. The zero-order chi connectivity index (χ0) is 24.6. The highest BCUT2D eigenvalue weighted by Crippen LogP contribution is 2.32. The molecule has 0 aliphatic heterocycles. The van der Waals surface area contributed by atoms with Crippen molar-refractivity contribution in [1.29, 1.82) is 0 Å². The van der Waals surface area contributed by atoms with Gasteiger partial charge in [0.05, 0.1) is 18.2 Å². The lowest BCUT2D eigenvalue weighted by atomic mass is 9.99. The van der Waals surface area contributed by atoms with Gasteiger partial charge in [-0.25, -0.2) is 4.39 Å². The maximum Gasteiger partial charge on any atom is 0.573 e. The Morgan fingerprint density at radius 3 is 2.15 bits per heavy atom. The molecule has 1 aromatic heterocycles. The van der Waals surface area contributed by atoms with E-state index in [-0.39, 0.29) is 28.1 Å². The van der Waals surface area contributed by atoms with Gasteiger partial charge in [0.25, 0.3) is 0 Å². The minimum atomic E-state index is -4.80. The number of aryl methyl sites for hydroxylation is 2. The molecule has 9 heteroatoms. The fourth-order valence-electron chi connectivity index (χ4n) is 3.70. The van der Waals surface area contributed by atoms with Gasteiger partial charge in [0.2, 0.25) is 0 Å². The van der Waals surface area contributed by atoms with Gasteiger partial charge in [-0.05, 0) is 61.9 Å². The number of aromatic nitrogens is 1. The summed E-state index contributed by atoms with van der Waals surface area (Å²) in [6, 6.07) is 12.1. The summed E-state index contributed by atoms with van der Waals surface area (Å²) in [5.41, 5.74) is 1.78. The molecular formula is C25H19F4NO4. The second kappa shape index (κ2) is 8.74. The molecule has 4 aromatic rings. The van der Waals surface area contributed by atoms with Gasteiger partial charge in [0.1, 0.15) is 28.8 Å². The van der Waals surface area contributed by atoms with E-state index in [1.54, 1.807) is 19.1 Å². The summed E-state index contributed by atoms with van der Waals surface area (Å²) in [5, 5.41) is 0.403. The predicted molar refractivity (Wildman–Crippen MR) is 119 cm³/mol. The molecule has 5 nitrogen and oxygen atoms in total. The molecule has 0 bridgehead atoms. The number of pyridine rings is 1. The summed E-state index contributed by atoms with van der Waals surface area (Å²) in [7, 11) is 1.54. The molecule has 0 saturated heterocycles. The summed E-state index contributed by atoms with van der Waals surface area (Å²) in [6.45, 7) is 3.49. The van der Waals surface area contributed by atoms with Crippen LogP contribution in [0.1, 0.15) is 11.3 Å². The molecule has 0 aliphatic carbocycles. The van der Waals surface area contributed by atoms with E-state index in [2.05, 4.69) is 9.72 Å². The third-order valence-electron chi connectivity index (χ3n) is 5.21. The zero-order valence-corrected chi connectivity index (χ0v) is 18.3. The van der Waals surface area contributed by atoms with Gasteiger partial charge in [-0.1, -0.05) is 0 Å². The van der Waals surface area contributed by atoms with E-state index >= 15 is 4.39 Å². The summed E-state index contributed by atoms with van der Waals surface area (Å²) < 4.78 is 66.5. The highest BCUT2D eigenvalue weighted by molar-refractivity contribution is 5.86. The van der Waals surface area contributed by atoms with Crippen LogP contribution in [0.3, 0.4) is 0 Å². The van der Waals surface area contributed by atoms with Gasteiger partial charge in [0, 0.05) is 28.8 Å². The number of nitrogens with one attached hydrogen (secondary N) is 1. The highest BCUT2D eigenvalue weighted by atomic mass is 19.4. The predicted octanol–water partition coefficient (Wildman–Crippen LogP) is 6.65. The van der Waals surface area contributed by atoms with E-state index in [9.17, 15) is 18.0 Å². The molecule has 0 saturated carbocycles. The van der Waals surface area contributed by atoms with Crippen LogP contribution in [0.2, 0.25) is 0 Å². The van der Waals surface area contributed by atoms with Gasteiger partial charge < -0.3 is 19.2 Å². The van der Waals surface area contributed by atoms with Crippen molar-refractivity contribution in [2.24, 2.45) is 0 Å². The van der Waals surface area contributed by atoms with Crippen LogP contribution in [0.15, 0.2) is 59.4 Å². The minimum Gasteiger partial charge on any atom is -0.496 e. The molecule has 176 valence electrons. The van der Waals surface area contributed by atoms with E-state index in [4.69, 9.17) is 9.47 Å². The molecule has 0 atom stereocenters. The second-order valence-electron chi connectivity index (χ2n) is 7.58. The smallest absolute Gasteiger partial charge is 0.496 e. The molecule has 0 radical (unpaired) electrons. The number of hydrogen-bond donors (Lipinski definition) is 1. The van der Waals surface area contributed by atoms with Gasteiger partial charge in [-0.3, -0.25) is 4.79 Å². The standard InChI is InChI=1S/C25H19F4NO4/c1-13-10-19-21(12-22(13)32-3)30-14(2)23(24(19)31)18-9-8-17(11-20(18)26)33-15-4-6-16(7-5-15)34-25(27,28)29/h4-12H,1-3H3,(H,30,31). The van der Waals surface area contributed by atoms with Crippen molar-refractivity contribution in [3.05, 3.63) is 81.9 Å². The first-order valence-electron chi connectivity index (χ1n) is 10.1. The number of hydrogen-bond acceptors (Lipinski definition) is 4. The molecule has 0 fully saturated rings. The Bertz CT molecular complexity index is 1430. The van der Waals surface area contributed by atoms with Gasteiger partial charge >= 0.3 is 6.36 Å². The number of rotatable bonds is 5.